The van der Waals surface area contributed by atoms with Gasteiger partial charge in [-0.1, -0.05) is 31.6 Å². The quantitative estimate of drug-likeness (QED) is 0.575. The first-order chi connectivity index (χ1) is 13.9. The van der Waals surface area contributed by atoms with Crippen LogP contribution in [0.25, 0.3) is 11.3 Å². The lowest BCUT2D eigenvalue weighted by molar-refractivity contribution is -0.102. The highest BCUT2D eigenvalue weighted by molar-refractivity contribution is 6.83. The fourth-order valence-electron chi connectivity index (χ4n) is 3.43. The Labute approximate surface area is 171 Å². The van der Waals surface area contributed by atoms with Gasteiger partial charge in [-0.25, -0.2) is 4.79 Å². The van der Waals surface area contributed by atoms with Crippen LogP contribution in [0.4, 0.5) is 0 Å². The fraction of sp³-hybridized carbons (Fsp3) is 0.455. The second-order valence-corrected chi connectivity index (χ2v) is 13.2. The van der Waals surface area contributed by atoms with Crippen LogP contribution in [0.5, 0.6) is 5.88 Å². The zero-order valence-electron chi connectivity index (χ0n) is 17.2. The van der Waals surface area contributed by atoms with E-state index in [1.165, 1.54) is 5.56 Å². The molecule has 0 N–H and O–H groups in total. The first kappa shape index (κ1) is 19.9. The van der Waals surface area contributed by atoms with Gasteiger partial charge in [0.05, 0.1) is 25.5 Å². The third-order valence-electron chi connectivity index (χ3n) is 4.86. The van der Waals surface area contributed by atoms with Crippen molar-refractivity contribution in [3.8, 4) is 28.6 Å². The summed E-state index contributed by atoms with van der Waals surface area (Å²) in [6.07, 6.45) is 0.656. The Kier molecular flexibility index (Phi) is 5.59. The van der Waals surface area contributed by atoms with Crippen molar-refractivity contribution < 1.29 is 14.2 Å². The molecule has 1 unspecified atom stereocenters. The highest BCUT2D eigenvalue weighted by Gasteiger charge is 2.21. The van der Waals surface area contributed by atoms with Gasteiger partial charge in [0.25, 0.3) is 0 Å². The molecule has 1 aromatic heterocycles. The van der Waals surface area contributed by atoms with Crippen LogP contribution < -0.4 is 10.4 Å². The Morgan fingerprint density at radius 2 is 2.14 bits per heavy atom. The number of fused-ring (bicyclic) bond motifs is 3. The lowest BCUT2D eigenvalue weighted by Gasteiger charge is -2.24. The number of aryl methyl sites for hydroxylation is 1. The number of hydrogen-bond donors (Lipinski definition) is 0. The molecule has 1 atom stereocenters. The van der Waals surface area contributed by atoms with Crippen molar-refractivity contribution in [3.05, 3.63) is 45.9 Å². The van der Waals surface area contributed by atoms with Gasteiger partial charge in [0.1, 0.15) is 20.8 Å². The summed E-state index contributed by atoms with van der Waals surface area (Å²) in [5, 5.41) is 0. The molecule has 4 rings (SSSR count). The van der Waals surface area contributed by atoms with E-state index in [0.717, 1.165) is 23.2 Å². The molecule has 0 saturated carbocycles. The number of hydrogen-bond acceptors (Lipinski definition) is 5. The molecule has 152 valence electrons. The molecule has 2 aliphatic heterocycles. The fourth-order valence-corrected chi connectivity index (χ4v) is 3.95. The summed E-state index contributed by atoms with van der Waals surface area (Å²) in [5.74, 6) is 3.64. The average molecular weight is 411 g/mol. The maximum absolute atomic E-state index is 12.5. The lowest BCUT2D eigenvalue weighted by atomic mass is 9.96. The van der Waals surface area contributed by atoms with Crippen LogP contribution in [0.1, 0.15) is 11.1 Å². The van der Waals surface area contributed by atoms with Crippen molar-refractivity contribution in [1.29, 1.82) is 0 Å². The van der Waals surface area contributed by atoms with Crippen molar-refractivity contribution in [1.82, 2.24) is 9.55 Å². The molecule has 0 spiro atoms. The van der Waals surface area contributed by atoms with Gasteiger partial charge in [-0.05, 0) is 24.1 Å². The molecular formula is C22H26N2O4Si. The first-order valence-electron chi connectivity index (χ1n) is 9.99. The zero-order valence-corrected chi connectivity index (χ0v) is 18.2. The van der Waals surface area contributed by atoms with E-state index in [-0.39, 0.29) is 11.8 Å². The smallest absolute Gasteiger partial charge is 0.351 e. The van der Waals surface area contributed by atoms with Crippen LogP contribution in [0, 0.1) is 11.5 Å². The van der Waals surface area contributed by atoms with Crippen LogP contribution in [-0.2, 0) is 22.4 Å². The van der Waals surface area contributed by atoms with Crippen LogP contribution >= 0.6 is 0 Å². The molecule has 3 heterocycles. The Hall–Kier alpha value is -2.40. The molecular weight excluding hydrogens is 384 g/mol. The lowest BCUT2D eigenvalue weighted by Crippen LogP contribution is -2.34. The van der Waals surface area contributed by atoms with Gasteiger partial charge < -0.3 is 14.2 Å². The summed E-state index contributed by atoms with van der Waals surface area (Å²) < 4.78 is 18.4. The van der Waals surface area contributed by atoms with Gasteiger partial charge in [-0.2, -0.15) is 4.98 Å². The summed E-state index contributed by atoms with van der Waals surface area (Å²) in [6.45, 7) is 9.29. The highest BCUT2D eigenvalue weighted by Crippen LogP contribution is 2.30. The Bertz CT molecular complexity index is 1020. The van der Waals surface area contributed by atoms with Gasteiger partial charge in [0.15, 0.2) is 0 Å². The molecule has 7 heteroatoms. The Balaban J connectivity index is 1.60. The van der Waals surface area contributed by atoms with E-state index in [4.69, 9.17) is 14.2 Å². The summed E-state index contributed by atoms with van der Waals surface area (Å²) in [5.41, 5.74) is 7.24. The minimum absolute atomic E-state index is 0.135. The summed E-state index contributed by atoms with van der Waals surface area (Å²) in [4.78, 5) is 16.6. The van der Waals surface area contributed by atoms with E-state index >= 15 is 0 Å². The standard InChI is InChI=1S/C22H26N2O4Si/c1-29(2,3)11-7-16-4-5-19-17(12-16)6-8-24-20(19)13-21(23-22(24)25)28-15-18-14-26-9-10-27-18/h4-5,12-13,18H,6,8-10,14-15H2,1-3H3. The molecule has 1 saturated heterocycles. The molecule has 1 aromatic carbocycles. The monoisotopic (exact) mass is 410 g/mol. The van der Waals surface area contributed by atoms with Crippen molar-refractivity contribution in [2.45, 2.75) is 38.7 Å². The third kappa shape index (κ3) is 4.78. The maximum Gasteiger partial charge on any atom is 0.351 e. The minimum atomic E-state index is -1.42. The van der Waals surface area contributed by atoms with E-state index in [2.05, 4.69) is 48.2 Å². The number of nitrogens with zero attached hydrogens (tertiary/aromatic N) is 2. The molecule has 1 fully saturated rings. The zero-order chi connectivity index (χ0) is 20.4. The van der Waals surface area contributed by atoms with E-state index < -0.39 is 8.07 Å². The Morgan fingerprint density at radius 3 is 2.90 bits per heavy atom. The first-order valence-corrected chi connectivity index (χ1v) is 13.5. The molecule has 0 radical (unpaired) electrons. The predicted octanol–water partition coefficient (Wildman–Crippen LogP) is 2.49. The van der Waals surface area contributed by atoms with Crippen LogP contribution in [-0.4, -0.2) is 50.2 Å². The van der Waals surface area contributed by atoms with Gasteiger partial charge in [0.2, 0.25) is 5.88 Å². The molecule has 0 aliphatic carbocycles. The second-order valence-electron chi connectivity index (χ2n) is 8.41. The summed E-state index contributed by atoms with van der Waals surface area (Å²) in [6, 6.07) is 8.07. The second kappa shape index (κ2) is 8.15. The van der Waals surface area contributed by atoms with Crippen LogP contribution in [0.15, 0.2) is 29.1 Å². The number of ether oxygens (including phenoxy) is 3. The van der Waals surface area contributed by atoms with Crippen molar-refractivity contribution >= 4 is 8.07 Å². The summed E-state index contributed by atoms with van der Waals surface area (Å²) in [7, 11) is -1.42. The minimum Gasteiger partial charge on any atom is -0.475 e. The van der Waals surface area contributed by atoms with Crippen molar-refractivity contribution in [3.63, 3.8) is 0 Å². The van der Waals surface area contributed by atoms with E-state index in [0.29, 0.717) is 38.9 Å². The maximum atomic E-state index is 12.5. The van der Waals surface area contributed by atoms with Gasteiger partial charge in [-0.3, -0.25) is 4.57 Å². The molecule has 0 bridgehead atoms. The molecule has 6 nitrogen and oxygen atoms in total. The van der Waals surface area contributed by atoms with Gasteiger partial charge in [-0.15, -0.1) is 5.54 Å². The summed E-state index contributed by atoms with van der Waals surface area (Å²) >= 11 is 0. The molecule has 2 aliphatic rings. The topological polar surface area (TPSA) is 62.6 Å². The molecule has 0 amide bonds. The predicted molar refractivity (Wildman–Crippen MR) is 114 cm³/mol. The highest BCUT2D eigenvalue weighted by atomic mass is 28.3. The van der Waals surface area contributed by atoms with Crippen molar-refractivity contribution in [2.75, 3.05) is 26.4 Å². The van der Waals surface area contributed by atoms with Crippen molar-refractivity contribution in [2.24, 2.45) is 0 Å². The normalized spacial score (nSPS) is 18.2. The number of benzene rings is 1. The molecule has 29 heavy (non-hydrogen) atoms. The Morgan fingerprint density at radius 1 is 1.28 bits per heavy atom. The third-order valence-corrected chi connectivity index (χ3v) is 5.73. The largest absolute Gasteiger partial charge is 0.475 e. The number of aromatic nitrogens is 2. The van der Waals surface area contributed by atoms with Crippen LogP contribution in [0.3, 0.4) is 0 Å². The average Bonchev–Trinajstić information content (AvgIpc) is 2.70. The van der Waals surface area contributed by atoms with Gasteiger partial charge in [0, 0.05) is 23.7 Å². The SMILES string of the molecule is C[Si](C)(C)C#Cc1ccc2c(c1)CCn1c-2cc(OCC2COCCO2)nc1=O. The van der Waals surface area contributed by atoms with E-state index in [1.807, 2.05) is 12.1 Å². The van der Waals surface area contributed by atoms with Gasteiger partial charge >= 0.3 is 5.69 Å². The molecule has 2 aromatic rings. The van der Waals surface area contributed by atoms with E-state index in [9.17, 15) is 4.79 Å². The van der Waals surface area contributed by atoms with Crippen LogP contribution in [0.2, 0.25) is 19.6 Å². The van der Waals surface area contributed by atoms with E-state index in [1.54, 1.807) is 4.57 Å². The number of rotatable bonds is 3.